The van der Waals surface area contributed by atoms with Gasteiger partial charge < -0.3 is 21.3 Å². The molecule has 0 aliphatic carbocycles. The zero-order valence-corrected chi connectivity index (χ0v) is 8.26. The Hall–Kier alpha value is -1.34. The summed E-state index contributed by atoms with van der Waals surface area (Å²) in [5, 5.41) is 9.60. The van der Waals surface area contributed by atoms with E-state index < -0.39 is 24.3 Å². The molecule has 2 atom stereocenters. The van der Waals surface area contributed by atoms with Crippen molar-refractivity contribution in [2.24, 2.45) is 11.5 Å². The normalized spacial score (nSPS) is 23.7. The van der Waals surface area contributed by atoms with E-state index in [4.69, 9.17) is 11.5 Å². The number of hydrogen-bond acceptors (Lipinski definition) is 5. The molecule has 1 aliphatic rings. The van der Waals surface area contributed by atoms with Gasteiger partial charge in [-0.2, -0.15) is 0 Å². The number of primary amides is 2. The van der Waals surface area contributed by atoms with Gasteiger partial charge >= 0.3 is 6.09 Å². The highest BCUT2D eigenvalue weighted by molar-refractivity contribution is 5.80. The number of nitrogens with zero attached hydrogens (tertiary/aromatic N) is 1. The third-order valence-corrected chi connectivity index (χ3v) is 2.38. The summed E-state index contributed by atoms with van der Waals surface area (Å²) in [6, 6.07) is -0.489. The van der Waals surface area contributed by atoms with E-state index in [1.807, 2.05) is 0 Å². The molecule has 5 N–H and O–H groups in total. The van der Waals surface area contributed by atoms with Gasteiger partial charge in [-0.25, -0.2) is 4.79 Å². The summed E-state index contributed by atoms with van der Waals surface area (Å²) >= 11 is 0. The summed E-state index contributed by atoms with van der Waals surface area (Å²) < 4.78 is 4.44. The molecule has 1 heterocycles. The second kappa shape index (κ2) is 4.94. The Labute approximate surface area is 87.0 Å². The minimum Gasteiger partial charge on any atom is -0.445 e. The predicted molar refractivity (Wildman–Crippen MR) is 50.5 cm³/mol. The quantitative estimate of drug-likeness (QED) is 0.521. The van der Waals surface area contributed by atoms with Crippen molar-refractivity contribution in [2.75, 3.05) is 13.2 Å². The highest BCUT2D eigenvalue weighted by Gasteiger charge is 2.33. The summed E-state index contributed by atoms with van der Waals surface area (Å²) in [6.45, 7) is 0.302. The van der Waals surface area contributed by atoms with Crippen molar-refractivity contribution in [2.45, 2.75) is 25.1 Å². The Kier molecular flexibility index (Phi) is 3.87. The van der Waals surface area contributed by atoms with E-state index in [-0.39, 0.29) is 6.61 Å². The Morgan fingerprint density at radius 1 is 1.53 bits per heavy atom. The second-order valence-corrected chi connectivity index (χ2v) is 3.41. The molecule has 7 heteroatoms. The van der Waals surface area contributed by atoms with Gasteiger partial charge in [0.1, 0.15) is 12.8 Å². The predicted octanol–water partition coefficient (Wildman–Crippen LogP) is -1.65. The highest BCUT2D eigenvalue weighted by atomic mass is 16.6. The van der Waals surface area contributed by atoms with Crippen LogP contribution >= 0.6 is 0 Å². The van der Waals surface area contributed by atoms with Crippen molar-refractivity contribution >= 4 is 12.0 Å². The van der Waals surface area contributed by atoms with E-state index in [0.29, 0.717) is 13.0 Å². The maximum atomic E-state index is 11.0. The zero-order chi connectivity index (χ0) is 11.4. The Morgan fingerprint density at radius 2 is 2.20 bits per heavy atom. The molecule has 86 valence electrons. The van der Waals surface area contributed by atoms with Crippen LogP contribution < -0.4 is 11.5 Å². The number of likely N-dealkylation sites (tertiary alicyclic amines) is 1. The third-order valence-electron chi connectivity index (χ3n) is 2.38. The van der Waals surface area contributed by atoms with Crippen LogP contribution in [0.25, 0.3) is 0 Å². The van der Waals surface area contributed by atoms with E-state index in [0.717, 1.165) is 6.42 Å². The number of carbonyl (C=O) groups is 2. The fraction of sp³-hybridized carbons (Fsp3) is 0.750. The van der Waals surface area contributed by atoms with Gasteiger partial charge in [-0.1, -0.05) is 0 Å². The second-order valence-electron chi connectivity index (χ2n) is 3.41. The van der Waals surface area contributed by atoms with Crippen LogP contribution in [0.2, 0.25) is 0 Å². The maximum absolute atomic E-state index is 11.0. The lowest BCUT2D eigenvalue weighted by molar-refractivity contribution is -0.127. The maximum Gasteiger partial charge on any atom is 0.404 e. The molecular weight excluding hydrogens is 202 g/mol. The summed E-state index contributed by atoms with van der Waals surface area (Å²) in [4.78, 5) is 22.8. The van der Waals surface area contributed by atoms with E-state index in [2.05, 4.69) is 4.74 Å². The average Bonchev–Trinajstić information content (AvgIpc) is 2.62. The molecule has 0 radical (unpaired) electrons. The molecule has 1 saturated heterocycles. The van der Waals surface area contributed by atoms with Gasteiger partial charge in [0.05, 0.1) is 6.04 Å². The molecule has 0 aromatic rings. The molecule has 0 spiro atoms. The smallest absolute Gasteiger partial charge is 0.404 e. The standard InChI is InChI=1S/C8H15N3O4/c9-7(13)5-2-1-3-11(5)6(12)4-15-8(10)14/h5-6,12H,1-4H2,(H2,9,13)(H2,10,14). The van der Waals surface area contributed by atoms with Crippen LogP contribution in [0.1, 0.15) is 12.8 Å². The lowest BCUT2D eigenvalue weighted by atomic mass is 10.2. The van der Waals surface area contributed by atoms with Gasteiger partial charge in [0, 0.05) is 6.54 Å². The molecule has 0 bridgehead atoms. The molecular formula is C8H15N3O4. The number of amides is 2. The Bertz CT molecular complexity index is 258. The minimum absolute atomic E-state index is 0.251. The molecule has 1 rings (SSSR count). The van der Waals surface area contributed by atoms with E-state index in [1.54, 1.807) is 0 Å². The number of nitrogens with two attached hydrogens (primary N) is 2. The van der Waals surface area contributed by atoms with Crippen LogP contribution in [0.3, 0.4) is 0 Å². The van der Waals surface area contributed by atoms with E-state index in [1.165, 1.54) is 4.90 Å². The first-order valence-corrected chi connectivity index (χ1v) is 4.67. The fourth-order valence-corrected chi connectivity index (χ4v) is 1.70. The van der Waals surface area contributed by atoms with Crippen molar-refractivity contribution in [3.8, 4) is 0 Å². The first kappa shape index (κ1) is 11.7. The van der Waals surface area contributed by atoms with Crippen LogP contribution in [0.4, 0.5) is 4.79 Å². The van der Waals surface area contributed by atoms with Crippen LogP contribution in [-0.4, -0.2) is 47.4 Å². The summed E-state index contributed by atoms with van der Waals surface area (Å²) in [7, 11) is 0. The number of aliphatic hydroxyl groups is 1. The molecule has 2 amide bonds. The monoisotopic (exact) mass is 217 g/mol. The number of aliphatic hydroxyl groups excluding tert-OH is 1. The Morgan fingerprint density at radius 3 is 2.73 bits per heavy atom. The van der Waals surface area contributed by atoms with Gasteiger partial charge in [0.2, 0.25) is 5.91 Å². The van der Waals surface area contributed by atoms with Crippen LogP contribution in [0.15, 0.2) is 0 Å². The van der Waals surface area contributed by atoms with Crippen molar-refractivity contribution in [3.05, 3.63) is 0 Å². The lowest BCUT2D eigenvalue weighted by Gasteiger charge is -2.26. The average molecular weight is 217 g/mol. The molecule has 1 aliphatic heterocycles. The number of ether oxygens (including phenoxy) is 1. The molecule has 2 unspecified atom stereocenters. The van der Waals surface area contributed by atoms with Gasteiger partial charge in [0.25, 0.3) is 0 Å². The van der Waals surface area contributed by atoms with Gasteiger partial charge in [-0.15, -0.1) is 0 Å². The van der Waals surface area contributed by atoms with E-state index in [9.17, 15) is 14.7 Å². The topological polar surface area (TPSA) is 119 Å². The van der Waals surface area contributed by atoms with Gasteiger partial charge in [0.15, 0.2) is 0 Å². The molecule has 0 aromatic carbocycles. The summed E-state index contributed by atoms with van der Waals surface area (Å²) in [5.41, 5.74) is 9.91. The number of carbonyl (C=O) groups excluding carboxylic acids is 2. The first-order valence-electron chi connectivity index (χ1n) is 4.67. The summed E-state index contributed by atoms with van der Waals surface area (Å²) in [5.74, 6) is -0.481. The number of rotatable bonds is 4. The lowest BCUT2D eigenvalue weighted by Crippen LogP contribution is -2.48. The van der Waals surface area contributed by atoms with Gasteiger partial charge in [-0.05, 0) is 12.8 Å². The SMILES string of the molecule is NC(=O)OCC(O)N1CCCC1C(N)=O. The van der Waals surface area contributed by atoms with Crippen LogP contribution in [0.5, 0.6) is 0 Å². The summed E-state index contributed by atoms with van der Waals surface area (Å²) in [6.07, 6.45) is -0.592. The molecule has 0 saturated carbocycles. The number of hydrogen-bond donors (Lipinski definition) is 3. The molecule has 7 nitrogen and oxygen atoms in total. The molecule has 0 aromatic heterocycles. The fourth-order valence-electron chi connectivity index (χ4n) is 1.70. The minimum atomic E-state index is -1.03. The largest absolute Gasteiger partial charge is 0.445 e. The highest BCUT2D eigenvalue weighted by Crippen LogP contribution is 2.18. The third kappa shape index (κ3) is 3.07. The molecule has 1 fully saturated rings. The van der Waals surface area contributed by atoms with Crippen molar-refractivity contribution < 1.29 is 19.4 Å². The van der Waals surface area contributed by atoms with Crippen molar-refractivity contribution in [1.29, 1.82) is 0 Å². The van der Waals surface area contributed by atoms with Crippen molar-refractivity contribution in [1.82, 2.24) is 4.90 Å². The van der Waals surface area contributed by atoms with Crippen LogP contribution in [0, 0.1) is 0 Å². The molecule has 15 heavy (non-hydrogen) atoms. The van der Waals surface area contributed by atoms with Crippen molar-refractivity contribution in [3.63, 3.8) is 0 Å². The zero-order valence-electron chi connectivity index (χ0n) is 8.26. The van der Waals surface area contributed by atoms with E-state index >= 15 is 0 Å². The van der Waals surface area contributed by atoms with Gasteiger partial charge in [-0.3, -0.25) is 9.69 Å². The first-order chi connectivity index (χ1) is 7.02. The Balaban J connectivity index is 2.47. The van der Waals surface area contributed by atoms with Crippen LogP contribution in [-0.2, 0) is 9.53 Å².